The summed E-state index contributed by atoms with van der Waals surface area (Å²) in [6.07, 6.45) is 2.14. The summed E-state index contributed by atoms with van der Waals surface area (Å²) in [5, 5.41) is 14.1. The van der Waals surface area contributed by atoms with Crippen LogP contribution in [0.4, 0.5) is 11.4 Å². The Kier molecular flexibility index (Phi) is 5.80. The number of amides is 1. The molecule has 1 unspecified atom stereocenters. The van der Waals surface area contributed by atoms with Gasteiger partial charge in [-0.25, -0.2) is 0 Å². The van der Waals surface area contributed by atoms with Crippen molar-refractivity contribution in [3.05, 3.63) is 33.9 Å². The van der Waals surface area contributed by atoms with E-state index in [1.807, 2.05) is 20.8 Å². The van der Waals surface area contributed by atoms with Crippen molar-refractivity contribution in [3.8, 4) is 0 Å². The van der Waals surface area contributed by atoms with Gasteiger partial charge in [-0.2, -0.15) is 0 Å². The largest absolute Gasteiger partial charge is 0.371 e. The molecule has 1 aliphatic heterocycles. The van der Waals surface area contributed by atoms with E-state index in [0.717, 1.165) is 31.6 Å². The number of carbonyl (C=O) groups excluding carboxylic acids is 1. The number of carbonyl (C=O) groups is 1. The molecule has 0 aliphatic carbocycles. The van der Waals surface area contributed by atoms with E-state index >= 15 is 0 Å². The van der Waals surface area contributed by atoms with Crippen LogP contribution in [0.3, 0.4) is 0 Å². The molecule has 0 aromatic heterocycles. The molecule has 1 aromatic carbocycles. The van der Waals surface area contributed by atoms with Gasteiger partial charge in [0.2, 0.25) is 0 Å². The quantitative estimate of drug-likeness (QED) is 0.660. The monoisotopic (exact) mass is 333 g/mol. The molecule has 0 saturated carbocycles. The number of anilines is 1. The maximum Gasteiger partial charge on any atom is 0.270 e. The molecule has 0 radical (unpaired) electrons. The fourth-order valence-corrected chi connectivity index (χ4v) is 2.80. The summed E-state index contributed by atoms with van der Waals surface area (Å²) >= 11 is 0. The molecule has 1 aliphatic rings. The summed E-state index contributed by atoms with van der Waals surface area (Å²) in [5.41, 5.74) is 1.14. The van der Waals surface area contributed by atoms with Gasteiger partial charge in [0, 0.05) is 31.3 Å². The van der Waals surface area contributed by atoms with Crippen molar-refractivity contribution in [2.75, 3.05) is 18.0 Å². The molecule has 2 rings (SSSR count). The molecule has 132 valence electrons. The average Bonchev–Trinajstić information content (AvgIpc) is 2.54. The Hall–Kier alpha value is -2.11. The fourth-order valence-electron chi connectivity index (χ4n) is 2.80. The molecule has 1 N–H and O–H groups in total. The van der Waals surface area contributed by atoms with Crippen molar-refractivity contribution < 1.29 is 9.72 Å². The number of hydrogen-bond acceptors (Lipinski definition) is 4. The highest BCUT2D eigenvalue weighted by Crippen LogP contribution is 2.29. The van der Waals surface area contributed by atoms with Gasteiger partial charge in [0.05, 0.1) is 16.2 Å². The lowest BCUT2D eigenvalue weighted by atomic mass is 9.97. The zero-order chi connectivity index (χ0) is 17.9. The minimum absolute atomic E-state index is 0.00555. The first-order valence-electron chi connectivity index (χ1n) is 8.63. The normalized spacial score (nSPS) is 17.0. The Balaban J connectivity index is 2.32. The molecule has 1 fully saturated rings. The van der Waals surface area contributed by atoms with Crippen LogP contribution in [-0.2, 0) is 0 Å². The van der Waals surface area contributed by atoms with Crippen LogP contribution in [0.2, 0.25) is 0 Å². The molecule has 1 saturated heterocycles. The lowest BCUT2D eigenvalue weighted by Gasteiger charge is -2.33. The van der Waals surface area contributed by atoms with Gasteiger partial charge in [0.15, 0.2) is 0 Å². The lowest BCUT2D eigenvalue weighted by Crippen LogP contribution is -2.38. The fraction of sp³-hybridized carbons (Fsp3) is 0.611. The molecule has 0 bridgehead atoms. The second kappa shape index (κ2) is 7.64. The summed E-state index contributed by atoms with van der Waals surface area (Å²) in [5.74, 6) is 0.734. The number of nitrogens with one attached hydrogen (secondary N) is 1. The summed E-state index contributed by atoms with van der Waals surface area (Å²) < 4.78 is 0. The van der Waals surface area contributed by atoms with Crippen LogP contribution in [0.1, 0.15) is 50.9 Å². The second-order valence-electron chi connectivity index (χ2n) is 7.13. The smallest absolute Gasteiger partial charge is 0.270 e. The highest BCUT2D eigenvalue weighted by atomic mass is 16.6. The van der Waals surface area contributed by atoms with Crippen LogP contribution in [0.25, 0.3) is 0 Å². The number of nitro benzene ring substituents is 1. The van der Waals surface area contributed by atoms with Gasteiger partial charge in [0.25, 0.3) is 11.6 Å². The number of nitro groups is 1. The molecular weight excluding hydrogens is 306 g/mol. The highest BCUT2D eigenvalue weighted by molar-refractivity contribution is 6.00. The SMILES string of the molecule is CC1CCN(c2ccc([N+](=O)[O-])cc2C(=O)NC(C)C(C)C)CC1. The number of non-ortho nitro benzene ring substituents is 1. The standard InChI is InChI=1S/C18H27N3O3/c1-12(2)14(4)19-18(22)16-11-15(21(23)24)5-6-17(16)20-9-7-13(3)8-10-20/h5-6,11-14H,7-10H2,1-4H3,(H,19,22). The number of nitrogens with zero attached hydrogens (tertiary/aromatic N) is 2. The first kappa shape index (κ1) is 18.2. The predicted molar refractivity (Wildman–Crippen MR) is 95.5 cm³/mol. The Morgan fingerprint density at radius 1 is 1.29 bits per heavy atom. The van der Waals surface area contributed by atoms with Crippen LogP contribution in [0, 0.1) is 22.0 Å². The molecule has 1 atom stereocenters. The Labute approximate surface area is 143 Å². The van der Waals surface area contributed by atoms with Gasteiger partial charge in [-0.3, -0.25) is 14.9 Å². The minimum atomic E-state index is -0.454. The zero-order valence-electron chi connectivity index (χ0n) is 14.9. The van der Waals surface area contributed by atoms with Crippen molar-refractivity contribution in [2.24, 2.45) is 11.8 Å². The van der Waals surface area contributed by atoms with E-state index in [2.05, 4.69) is 17.1 Å². The van der Waals surface area contributed by atoms with Crippen LogP contribution in [0.15, 0.2) is 18.2 Å². The van der Waals surface area contributed by atoms with Crippen LogP contribution in [0.5, 0.6) is 0 Å². The zero-order valence-corrected chi connectivity index (χ0v) is 14.9. The first-order chi connectivity index (χ1) is 11.3. The van der Waals surface area contributed by atoms with Gasteiger partial charge in [0.1, 0.15) is 0 Å². The molecule has 1 heterocycles. The summed E-state index contributed by atoms with van der Waals surface area (Å²) in [6.45, 7) is 9.99. The van der Waals surface area contributed by atoms with Crippen LogP contribution < -0.4 is 10.2 Å². The third kappa shape index (κ3) is 4.24. The molecular formula is C18H27N3O3. The van der Waals surface area contributed by atoms with E-state index in [1.165, 1.54) is 12.1 Å². The molecule has 24 heavy (non-hydrogen) atoms. The van der Waals surface area contributed by atoms with Gasteiger partial charge >= 0.3 is 0 Å². The number of rotatable bonds is 5. The van der Waals surface area contributed by atoms with E-state index in [4.69, 9.17) is 0 Å². The number of piperidine rings is 1. The van der Waals surface area contributed by atoms with Gasteiger partial charge in [-0.1, -0.05) is 20.8 Å². The minimum Gasteiger partial charge on any atom is -0.371 e. The molecule has 0 spiro atoms. The van der Waals surface area contributed by atoms with Crippen LogP contribution >= 0.6 is 0 Å². The van der Waals surface area contributed by atoms with Gasteiger partial charge in [-0.15, -0.1) is 0 Å². The van der Waals surface area contributed by atoms with Crippen molar-refractivity contribution in [1.82, 2.24) is 5.32 Å². The van der Waals surface area contributed by atoms with E-state index in [9.17, 15) is 14.9 Å². The van der Waals surface area contributed by atoms with E-state index in [-0.39, 0.29) is 17.6 Å². The molecule has 1 aromatic rings. The topological polar surface area (TPSA) is 75.5 Å². The predicted octanol–water partition coefficient (Wildman–Crippen LogP) is 3.61. The average molecular weight is 333 g/mol. The molecule has 6 nitrogen and oxygen atoms in total. The van der Waals surface area contributed by atoms with Crippen molar-refractivity contribution in [1.29, 1.82) is 0 Å². The van der Waals surface area contributed by atoms with E-state index in [0.29, 0.717) is 17.4 Å². The van der Waals surface area contributed by atoms with Crippen molar-refractivity contribution in [2.45, 2.75) is 46.6 Å². The Morgan fingerprint density at radius 3 is 2.46 bits per heavy atom. The van der Waals surface area contributed by atoms with E-state index in [1.54, 1.807) is 6.07 Å². The van der Waals surface area contributed by atoms with E-state index < -0.39 is 4.92 Å². The third-order valence-corrected chi connectivity index (χ3v) is 4.92. The Morgan fingerprint density at radius 2 is 1.92 bits per heavy atom. The lowest BCUT2D eigenvalue weighted by molar-refractivity contribution is -0.384. The highest BCUT2D eigenvalue weighted by Gasteiger charge is 2.24. The summed E-state index contributed by atoms with van der Waals surface area (Å²) in [6, 6.07) is 4.60. The first-order valence-corrected chi connectivity index (χ1v) is 8.63. The third-order valence-electron chi connectivity index (χ3n) is 4.92. The second-order valence-corrected chi connectivity index (χ2v) is 7.13. The molecule has 6 heteroatoms. The summed E-state index contributed by atoms with van der Waals surface area (Å²) in [4.78, 5) is 25.5. The van der Waals surface area contributed by atoms with Crippen molar-refractivity contribution >= 4 is 17.3 Å². The van der Waals surface area contributed by atoms with Gasteiger partial charge in [-0.05, 0) is 37.7 Å². The maximum absolute atomic E-state index is 12.7. The number of hydrogen-bond donors (Lipinski definition) is 1. The van der Waals surface area contributed by atoms with Gasteiger partial charge < -0.3 is 10.2 Å². The van der Waals surface area contributed by atoms with Crippen molar-refractivity contribution in [3.63, 3.8) is 0 Å². The number of benzene rings is 1. The Bertz CT molecular complexity index is 608. The van der Waals surface area contributed by atoms with Crippen LogP contribution in [-0.4, -0.2) is 30.0 Å². The maximum atomic E-state index is 12.7. The molecule has 1 amide bonds. The summed E-state index contributed by atoms with van der Waals surface area (Å²) in [7, 11) is 0.